The molecule has 1 fully saturated rings. The summed E-state index contributed by atoms with van der Waals surface area (Å²) in [5, 5.41) is -0.0798. The quantitative estimate of drug-likeness (QED) is 0.866. The van der Waals surface area contributed by atoms with Crippen molar-refractivity contribution in [3.8, 4) is 0 Å². The molecule has 1 aliphatic carbocycles. The third-order valence-electron chi connectivity index (χ3n) is 3.53. The highest BCUT2D eigenvalue weighted by Gasteiger charge is 2.26. The first-order chi connectivity index (χ1) is 9.40. The van der Waals surface area contributed by atoms with Crippen LogP contribution in [0, 0.1) is 17.6 Å². The monoisotopic (exact) mass is 323 g/mol. The van der Waals surface area contributed by atoms with Crippen molar-refractivity contribution in [2.24, 2.45) is 5.92 Å². The summed E-state index contributed by atoms with van der Waals surface area (Å²) in [5.41, 5.74) is 0. The van der Waals surface area contributed by atoms with Crippen LogP contribution in [0.4, 0.5) is 8.78 Å². The minimum atomic E-state index is -4.06. The Bertz CT molecular complexity index is 580. The number of nitrogens with one attached hydrogen (secondary N) is 1. The van der Waals surface area contributed by atoms with Crippen LogP contribution < -0.4 is 4.72 Å². The molecule has 7 heteroatoms. The van der Waals surface area contributed by atoms with Crippen LogP contribution >= 0.6 is 11.6 Å². The second kappa shape index (κ2) is 6.37. The molecular weight excluding hydrogens is 308 g/mol. The van der Waals surface area contributed by atoms with Gasteiger partial charge >= 0.3 is 0 Å². The molecule has 112 valence electrons. The molecule has 0 bridgehead atoms. The van der Waals surface area contributed by atoms with Crippen LogP contribution in [0.3, 0.4) is 0 Å². The summed E-state index contributed by atoms with van der Waals surface area (Å²) in [5.74, 6) is -1.73. The molecule has 1 aromatic rings. The first kappa shape index (κ1) is 15.7. The fourth-order valence-corrected chi connectivity index (χ4v) is 3.92. The van der Waals surface area contributed by atoms with E-state index in [1.54, 1.807) is 0 Å². The van der Waals surface area contributed by atoms with Crippen molar-refractivity contribution >= 4 is 21.6 Å². The number of sulfonamides is 1. The highest BCUT2D eigenvalue weighted by atomic mass is 35.5. The fourth-order valence-electron chi connectivity index (χ4n) is 2.37. The predicted octanol–water partition coefficient (Wildman–Crippen LogP) is 3.04. The lowest BCUT2D eigenvalue weighted by Crippen LogP contribution is -2.35. The molecule has 0 radical (unpaired) electrons. The lowest BCUT2D eigenvalue weighted by atomic mass is 9.89. The first-order valence-corrected chi connectivity index (χ1v) is 8.41. The minimum absolute atomic E-state index is 0.0248. The molecule has 1 saturated carbocycles. The number of hydrogen-bond acceptors (Lipinski definition) is 2. The SMILES string of the molecule is O=S(=O)(NCC1CCCCC1Cl)c1cc(F)ccc1F. The summed E-state index contributed by atoms with van der Waals surface area (Å²) in [6, 6.07) is 2.36. The van der Waals surface area contributed by atoms with Gasteiger partial charge in [0.25, 0.3) is 0 Å². The van der Waals surface area contributed by atoms with Crippen LogP contribution in [0.25, 0.3) is 0 Å². The van der Waals surface area contributed by atoms with Gasteiger partial charge in [0, 0.05) is 11.9 Å². The van der Waals surface area contributed by atoms with Crippen LogP contribution in [0.2, 0.25) is 0 Å². The van der Waals surface area contributed by atoms with Crippen molar-refractivity contribution < 1.29 is 17.2 Å². The average Bonchev–Trinajstić information content (AvgIpc) is 2.40. The number of hydrogen-bond donors (Lipinski definition) is 1. The van der Waals surface area contributed by atoms with Gasteiger partial charge in [-0.1, -0.05) is 12.8 Å². The van der Waals surface area contributed by atoms with Crippen molar-refractivity contribution in [3.63, 3.8) is 0 Å². The molecule has 2 unspecified atom stereocenters. The van der Waals surface area contributed by atoms with Crippen molar-refractivity contribution in [3.05, 3.63) is 29.8 Å². The molecule has 2 atom stereocenters. The molecule has 0 amide bonds. The largest absolute Gasteiger partial charge is 0.243 e. The Morgan fingerprint density at radius 2 is 1.95 bits per heavy atom. The van der Waals surface area contributed by atoms with Gasteiger partial charge in [-0.05, 0) is 37.0 Å². The summed E-state index contributed by atoms with van der Waals surface area (Å²) in [6.07, 6.45) is 3.73. The molecule has 0 saturated heterocycles. The topological polar surface area (TPSA) is 46.2 Å². The number of rotatable bonds is 4. The lowest BCUT2D eigenvalue weighted by molar-refractivity contribution is 0.363. The van der Waals surface area contributed by atoms with Gasteiger partial charge in [-0.15, -0.1) is 11.6 Å². The van der Waals surface area contributed by atoms with E-state index < -0.39 is 26.6 Å². The molecule has 1 aliphatic rings. The minimum Gasteiger partial charge on any atom is -0.211 e. The molecule has 3 nitrogen and oxygen atoms in total. The van der Waals surface area contributed by atoms with Crippen molar-refractivity contribution in [2.45, 2.75) is 36.0 Å². The second-order valence-electron chi connectivity index (χ2n) is 4.99. The Morgan fingerprint density at radius 3 is 2.65 bits per heavy atom. The van der Waals surface area contributed by atoms with Gasteiger partial charge in [-0.2, -0.15) is 0 Å². The van der Waals surface area contributed by atoms with Gasteiger partial charge in [0.05, 0.1) is 0 Å². The maximum atomic E-state index is 13.5. The zero-order chi connectivity index (χ0) is 14.8. The molecule has 0 spiro atoms. The first-order valence-electron chi connectivity index (χ1n) is 6.49. The third-order valence-corrected chi connectivity index (χ3v) is 5.55. The maximum absolute atomic E-state index is 13.5. The predicted molar refractivity (Wildman–Crippen MR) is 73.1 cm³/mol. The van der Waals surface area contributed by atoms with Crippen LogP contribution in [0.1, 0.15) is 25.7 Å². The van der Waals surface area contributed by atoms with E-state index in [1.165, 1.54) is 0 Å². The van der Waals surface area contributed by atoms with Crippen LogP contribution in [0.15, 0.2) is 23.1 Å². The van der Waals surface area contributed by atoms with Gasteiger partial charge in [0.1, 0.15) is 16.5 Å². The van der Waals surface area contributed by atoms with Gasteiger partial charge in [-0.25, -0.2) is 21.9 Å². The van der Waals surface area contributed by atoms with E-state index >= 15 is 0 Å². The molecular formula is C13H16ClF2NO2S. The molecule has 0 aromatic heterocycles. The zero-order valence-electron chi connectivity index (χ0n) is 10.8. The van der Waals surface area contributed by atoms with Crippen molar-refractivity contribution in [2.75, 3.05) is 6.54 Å². The Hall–Kier alpha value is -0.720. The average molecular weight is 324 g/mol. The van der Waals surface area contributed by atoms with Crippen LogP contribution in [0.5, 0.6) is 0 Å². The van der Waals surface area contributed by atoms with Gasteiger partial charge in [0.2, 0.25) is 10.0 Å². The molecule has 20 heavy (non-hydrogen) atoms. The van der Waals surface area contributed by atoms with E-state index in [0.29, 0.717) is 6.07 Å². The van der Waals surface area contributed by atoms with Gasteiger partial charge in [0.15, 0.2) is 0 Å². The standard InChI is InChI=1S/C13H16ClF2NO2S/c14-11-4-2-1-3-9(11)8-17-20(18,19)13-7-10(15)5-6-12(13)16/h5-7,9,11,17H,1-4,8H2. The van der Waals surface area contributed by atoms with Crippen molar-refractivity contribution in [1.82, 2.24) is 4.72 Å². The molecule has 2 rings (SSSR count). The van der Waals surface area contributed by atoms with Gasteiger partial charge in [-0.3, -0.25) is 0 Å². The summed E-state index contributed by atoms with van der Waals surface area (Å²) in [7, 11) is -4.06. The highest BCUT2D eigenvalue weighted by molar-refractivity contribution is 7.89. The van der Waals surface area contributed by atoms with E-state index in [2.05, 4.69) is 4.72 Å². The molecule has 1 aromatic carbocycles. The lowest BCUT2D eigenvalue weighted by Gasteiger charge is -2.27. The second-order valence-corrected chi connectivity index (χ2v) is 7.28. The van der Waals surface area contributed by atoms with E-state index in [9.17, 15) is 17.2 Å². The Kier molecular flexibility index (Phi) is 4.99. The molecule has 0 aliphatic heterocycles. The zero-order valence-corrected chi connectivity index (χ0v) is 12.4. The summed E-state index contributed by atoms with van der Waals surface area (Å²) in [4.78, 5) is -0.667. The van der Waals surface area contributed by atoms with E-state index in [0.717, 1.165) is 37.8 Å². The molecule has 0 heterocycles. The van der Waals surface area contributed by atoms with E-state index in [1.807, 2.05) is 0 Å². The third kappa shape index (κ3) is 3.68. The number of halogens is 3. The van der Waals surface area contributed by atoms with Gasteiger partial charge < -0.3 is 0 Å². The summed E-state index contributed by atoms with van der Waals surface area (Å²) in [6.45, 7) is 0.145. The van der Waals surface area contributed by atoms with Crippen LogP contribution in [-0.4, -0.2) is 20.3 Å². The Balaban J connectivity index is 2.09. The molecule has 1 N–H and O–H groups in total. The maximum Gasteiger partial charge on any atom is 0.243 e. The smallest absolute Gasteiger partial charge is 0.211 e. The fraction of sp³-hybridized carbons (Fsp3) is 0.538. The normalized spacial score (nSPS) is 23.8. The highest BCUT2D eigenvalue weighted by Crippen LogP contribution is 2.28. The number of benzene rings is 1. The van der Waals surface area contributed by atoms with Crippen LogP contribution in [-0.2, 0) is 10.0 Å². The van der Waals surface area contributed by atoms with E-state index in [-0.39, 0.29) is 17.8 Å². The Labute approximate surface area is 122 Å². The Morgan fingerprint density at radius 1 is 1.25 bits per heavy atom. The summed E-state index contributed by atoms with van der Waals surface area (Å²) < 4.78 is 52.9. The number of alkyl halides is 1. The van der Waals surface area contributed by atoms with E-state index in [4.69, 9.17) is 11.6 Å². The summed E-state index contributed by atoms with van der Waals surface area (Å²) >= 11 is 6.15. The van der Waals surface area contributed by atoms with Crippen molar-refractivity contribution in [1.29, 1.82) is 0 Å².